The number of urea groups is 1. The SMILES string of the molecule is CCC1(C)NC(=O)N(c2ccc(F)cc2)N1. The van der Waals surface area contributed by atoms with E-state index in [9.17, 15) is 9.18 Å². The van der Waals surface area contributed by atoms with Crippen LogP contribution in [0.5, 0.6) is 0 Å². The van der Waals surface area contributed by atoms with Crippen LogP contribution in [0.2, 0.25) is 0 Å². The minimum atomic E-state index is -0.439. The topological polar surface area (TPSA) is 44.4 Å². The van der Waals surface area contributed by atoms with Crippen LogP contribution >= 0.6 is 0 Å². The Labute approximate surface area is 93.4 Å². The average Bonchev–Trinajstić information content (AvgIpc) is 2.57. The van der Waals surface area contributed by atoms with E-state index in [1.807, 2.05) is 13.8 Å². The zero-order valence-electron chi connectivity index (χ0n) is 9.25. The predicted molar refractivity (Wildman–Crippen MR) is 59.2 cm³/mol. The van der Waals surface area contributed by atoms with Crippen LogP contribution in [0.4, 0.5) is 14.9 Å². The number of hydrazine groups is 1. The molecule has 1 aliphatic rings. The van der Waals surface area contributed by atoms with Crippen molar-refractivity contribution in [3.8, 4) is 0 Å². The van der Waals surface area contributed by atoms with Crippen molar-refractivity contribution in [1.82, 2.24) is 10.7 Å². The number of nitrogens with zero attached hydrogens (tertiary/aromatic N) is 1. The van der Waals surface area contributed by atoms with Gasteiger partial charge in [-0.15, -0.1) is 0 Å². The minimum Gasteiger partial charge on any atom is -0.317 e. The molecule has 0 aliphatic carbocycles. The van der Waals surface area contributed by atoms with Crippen molar-refractivity contribution < 1.29 is 9.18 Å². The second-order valence-electron chi connectivity index (χ2n) is 4.04. The highest BCUT2D eigenvalue weighted by molar-refractivity contribution is 5.93. The Bertz CT molecular complexity index is 406. The third-order valence-corrected chi connectivity index (χ3v) is 2.74. The molecule has 1 aliphatic heterocycles. The van der Waals surface area contributed by atoms with Crippen LogP contribution in [0.25, 0.3) is 0 Å². The summed E-state index contributed by atoms with van der Waals surface area (Å²) < 4.78 is 12.7. The molecule has 1 atom stereocenters. The predicted octanol–water partition coefficient (Wildman–Crippen LogP) is 1.99. The summed E-state index contributed by atoms with van der Waals surface area (Å²) in [4.78, 5) is 11.7. The Balaban J connectivity index is 2.23. The van der Waals surface area contributed by atoms with Crippen molar-refractivity contribution >= 4 is 11.7 Å². The van der Waals surface area contributed by atoms with E-state index in [0.717, 1.165) is 6.42 Å². The first kappa shape index (κ1) is 10.9. The van der Waals surface area contributed by atoms with Crippen molar-refractivity contribution in [3.63, 3.8) is 0 Å². The third kappa shape index (κ3) is 1.86. The van der Waals surface area contributed by atoms with E-state index in [-0.39, 0.29) is 11.8 Å². The number of hydrogen-bond acceptors (Lipinski definition) is 2. The minimum absolute atomic E-state index is 0.226. The zero-order chi connectivity index (χ0) is 11.8. The van der Waals surface area contributed by atoms with Crippen LogP contribution < -0.4 is 15.8 Å². The number of carbonyl (C=O) groups is 1. The van der Waals surface area contributed by atoms with Gasteiger partial charge in [0.05, 0.1) is 5.69 Å². The van der Waals surface area contributed by atoms with Crippen molar-refractivity contribution in [2.45, 2.75) is 25.9 Å². The molecule has 86 valence electrons. The number of carbonyl (C=O) groups excluding carboxylic acids is 1. The summed E-state index contributed by atoms with van der Waals surface area (Å²) in [6.45, 7) is 3.87. The van der Waals surface area contributed by atoms with Gasteiger partial charge in [-0.25, -0.2) is 19.6 Å². The second kappa shape index (κ2) is 3.75. The molecule has 16 heavy (non-hydrogen) atoms. The maximum Gasteiger partial charge on any atom is 0.338 e. The van der Waals surface area contributed by atoms with Crippen molar-refractivity contribution in [2.24, 2.45) is 0 Å². The Morgan fingerprint density at radius 3 is 2.50 bits per heavy atom. The Kier molecular flexibility index (Phi) is 2.55. The lowest BCUT2D eigenvalue weighted by molar-refractivity contribution is 0.247. The fraction of sp³-hybridized carbons (Fsp3) is 0.364. The molecule has 1 heterocycles. The molecule has 2 rings (SSSR count). The van der Waals surface area contributed by atoms with Crippen LogP contribution in [0.15, 0.2) is 24.3 Å². The summed E-state index contributed by atoms with van der Waals surface area (Å²) in [6, 6.07) is 5.54. The van der Waals surface area contributed by atoms with Crippen LogP contribution in [0.3, 0.4) is 0 Å². The first-order chi connectivity index (χ1) is 7.54. The number of benzene rings is 1. The molecule has 0 radical (unpaired) electrons. The molecule has 1 fully saturated rings. The molecular weight excluding hydrogens is 209 g/mol. The Morgan fingerprint density at radius 2 is 2.00 bits per heavy atom. The van der Waals surface area contributed by atoms with Crippen LogP contribution in [0, 0.1) is 5.82 Å². The van der Waals surface area contributed by atoms with Gasteiger partial charge in [-0.3, -0.25) is 0 Å². The first-order valence-corrected chi connectivity index (χ1v) is 5.20. The molecule has 0 aromatic heterocycles. The Hall–Kier alpha value is -1.62. The monoisotopic (exact) mass is 223 g/mol. The van der Waals surface area contributed by atoms with E-state index in [4.69, 9.17) is 0 Å². The molecule has 4 nitrogen and oxygen atoms in total. The van der Waals surface area contributed by atoms with E-state index < -0.39 is 5.66 Å². The van der Waals surface area contributed by atoms with Crippen molar-refractivity contribution in [3.05, 3.63) is 30.1 Å². The molecular formula is C11H14FN3O. The van der Waals surface area contributed by atoms with Gasteiger partial charge in [0.2, 0.25) is 0 Å². The summed E-state index contributed by atoms with van der Waals surface area (Å²) in [7, 11) is 0. The van der Waals surface area contributed by atoms with Gasteiger partial charge in [-0.2, -0.15) is 0 Å². The highest BCUT2D eigenvalue weighted by Crippen LogP contribution is 2.20. The summed E-state index contributed by atoms with van der Waals surface area (Å²) >= 11 is 0. The van der Waals surface area contributed by atoms with Gasteiger partial charge in [0, 0.05) is 0 Å². The highest BCUT2D eigenvalue weighted by Gasteiger charge is 2.37. The van der Waals surface area contributed by atoms with Crippen molar-refractivity contribution in [2.75, 3.05) is 5.01 Å². The lowest BCUT2D eigenvalue weighted by atomic mass is 10.2. The molecule has 1 aromatic carbocycles. The first-order valence-electron chi connectivity index (χ1n) is 5.20. The third-order valence-electron chi connectivity index (χ3n) is 2.74. The molecule has 1 unspecified atom stereocenters. The van der Waals surface area contributed by atoms with E-state index in [0.29, 0.717) is 5.69 Å². The molecule has 2 amide bonds. The summed E-state index contributed by atoms with van der Waals surface area (Å²) in [6.07, 6.45) is 0.760. The van der Waals surface area contributed by atoms with E-state index in [2.05, 4.69) is 10.7 Å². The van der Waals surface area contributed by atoms with E-state index >= 15 is 0 Å². The van der Waals surface area contributed by atoms with Crippen molar-refractivity contribution in [1.29, 1.82) is 0 Å². The maximum absolute atomic E-state index is 12.7. The molecule has 5 heteroatoms. The van der Waals surface area contributed by atoms with Gasteiger partial charge in [0.15, 0.2) is 0 Å². The Morgan fingerprint density at radius 1 is 1.38 bits per heavy atom. The average molecular weight is 223 g/mol. The normalized spacial score (nSPS) is 24.7. The van der Waals surface area contributed by atoms with Gasteiger partial charge >= 0.3 is 6.03 Å². The van der Waals surface area contributed by atoms with Gasteiger partial charge < -0.3 is 5.32 Å². The number of nitrogens with one attached hydrogen (secondary N) is 2. The lowest BCUT2D eigenvalue weighted by Gasteiger charge is -2.23. The van der Waals surface area contributed by atoms with E-state index in [1.165, 1.54) is 17.1 Å². The van der Waals surface area contributed by atoms with E-state index in [1.54, 1.807) is 12.1 Å². The maximum atomic E-state index is 12.7. The number of hydrogen-bond donors (Lipinski definition) is 2. The molecule has 0 saturated carbocycles. The fourth-order valence-corrected chi connectivity index (χ4v) is 1.56. The smallest absolute Gasteiger partial charge is 0.317 e. The molecule has 0 bridgehead atoms. The number of anilines is 1. The largest absolute Gasteiger partial charge is 0.338 e. The highest BCUT2D eigenvalue weighted by atomic mass is 19.1. The fourth-order valence-electron chi connectivity index (χ4n) is 1.56. The van der Waals surface area contributed by atoms with Gasteiger partial charge in [-0.1, -0.05) is 6.92 Å². The second-order valence-corrected chi connectivity index (χ2v) is 4.04. The lowest BCUT2D eigenvalue weighted by Crippen LogP contribution is -2.47. The van der Waals surface area contributed by atoms with Gasteiger partial charge in [-0.05, 0) is 37.6 Å². The summed E-state index contributed by atoms with van der Waals surface area (Å²) in [5, 5.41) is 4.22. The number of amides is 2. The summed E-state index contributed by atoms with van der Waals surface area (Å²) in [5.41, 5.74) is 3.24. The molecule has 1 aromatic rings. The molecule has 1 saturated heterocycles. The standard InChI is InChI=1S/C11H14FN3O/c1-3-11(2)13-10(16)15(14-11)9-6-4-8(12)5-7-9/h4-7,14H,3H2,1-2H3,(H,13,16). The van der Waals surface area contributed by atoms with Crippen LogP contribution in [-0.4, -0.2) is 11.7 Å². The van der Waals surface area contributed by atoms with Crippen LogP contribution in [-0.2, 0) is 0 Å². The molecule has 0 spiro atoms. The van der Waals surface area contributed by atoms with Gasteiger partial charge in [0.1, 0.15) is 11.5 Å². The number of halogens is 1. The number of rotatable bonds is 2. The zero-order valence-corrected chi connectivity index (χ0v) is 9.25. The quantitative estimate of drug-likeness (QED) is 0.805. The van der Waals surface area contributed by atoms with Gasteiger partial charge in [0.25, 0.3) is 0 Å². The molecule has 2 N–H and O–H groups in total. The summed E-state index contributed by atoms with van der Waals surface area (Å²) in [5.74, 6) is -0.318. The van der Waals surface area contributed by atoms with Crippen LogP contribution in [0.1, 0.15) is 20.3 Å².